The third-order valence-corrected chi connectivity index (χ3v) is 2.01. The predicted molar refractivity (Wildman–Crippen MR) is 38.6 cm³/mol. The predicted octanol–water partition coefficient (Wildman–Crippen LogP) is 3.30. The summed E-state index contributed by atoms with van der Waals surface area (Å²) in [5.74, 6) is 0. The molecule has 0 bridgehead atoms. The molecule has 83 valence electrons. The van der Waals surface area contributed by atoms with Gasteiger partial charge in [0.25, 0.3) is 0 Å². The van der Waals surface area contributed by atoms with Gasteiger partial charge < -0.3 is 4.74 Å². The van der Waals surface area contributed by atoms with Crippen LogP contribution in [0.15, 0.2) is 0 Å². The number of rotatable bonds is 2. The Bertz CT molecular complexity index is 183. The molecule has 1 unspecified atom stereocenters. The molecule has 0 saturated heterocycles. The molecule has 0 spiro atoms. The SMILES string of the molecule is FC(F)(F)C(F)(F)OC1C[CH]CCC1. The Morgan fingerprint density at radius 2 is 1.79 bits per heavy atom. The zero-order chi connectivity index (χ0) is 10.8. The van der Waals surface area contributed by atoms with E-state index in [2.05, 4.69) is 4.74 Å². The Labute approximate surface area is 78.2 Å². The summed E-state index contributed by atoms with van der Waals surface area (Å²) in [5.41, 5.74) is 0. The van der Waals surface area contributed by atoms with Crippen molar-refractivity contribution in [1.82, 2.24) is 0 Å². The van der Waals surface area contributed by atoms with Gasteiger partial charge in [0.15, 0.2) is 0 Å². The number of halogens is 5. The zero-order valence-corrected chi connectivity index (χ0v) is 7.28. The maximum atomic E-state index is 12.4. The molecule has 0 aromatic heterocycles. The van der Waals surface area contributed by atoms with Crippen molar-refractivity contribution in [2.24, 2.45) is 0 Å². The van der Waals surface area contributed by atoms with Gasteiger partial charge in [0.2, 0.25) is 0 Å². The summed E-state index contributed by atoms with van der Waals surface area (Å²) in [7, 11) is 0. The average Bonchev–Trinajstić information content (AvgIpc) is 2.03. The first-order valence-corrected chi connectivity index (χ1v) is 4.27. The van der Waals surface area contributed by atoms with E-state index >= 15 is 0 Å². The minimum atomic E-state index is -5.62. The molecule has 0 amide bonds. The van der Waals surface area contributed by atoms with Crippen LogP contribution in [0.2, 0.25) is 0 Å². The Kier molecular flexibility index (Phi) is 3.34. The van der Waals surface area contributed by atoms with Gasteiger partial charge in [-0.1, -0.05) is 6.42 Å². The fraction of sp³-hybridized carbons (Fsp3) is 0.875. The van der Waals surface area contributed by atoms with Crippen molar-refractivity contribution in [1.29, 1.82) is 0 Å². The summed E-state index contributed by atoms with van der Waals surface area (Å²) in [6, 6.07) is 0. The normalized spacial score (nSPS) is 21.2. The lowest BCUT2D eigenvalue weighted by Gasteiger charge is -2.27. The van der Waals surface area contributed by atoms with Gasteiger partial charge in [0.1, 0.15) is 0 Å². The van der Waals surface area contributed by atoms with Gasteiger partial charge in [-0.2, -0.15) is 22.0 Å². The number of hydrogen-bond donors (Lipinski definition) is 0. The third-order valence-electron chi connectivity index (χ3n) is 2.01. The van der Waals surface area contributed by atoms with E-state index in [0.29, 0.717) is 6.42 Å². The summed E-state index contributed by atoms with van der Waals surface area (Å²) >= 11 is 0. The van der Waals surface area contributed by atoms with Crippen LogP contribution in [0.1, 0.15) is 25.7 Å². The molecule has 1 rings (SSSR count). The molecule has 0 heterocycles. The van der Waals surface area contributed by atoms with Crippen LogP contribution in [0.4, 0.5) is 22.0 Å². The lowest BCUT2D eigenvalue weighted by molar-refractivity contribution is -0.403. The van der Waals surface area contributed by atoms with E-state index in [1.807, 2.05) is 0 Å². The molecule has 6 heteroatoms. The maximum Gasteiger partial charge on any atom is 0.482 e. The van der Waals surface area contributed by atoms with E-state index in [0.717, 1.165) is 6.42 Å². The molecule has 1 nitrogen and oxygen atoms in total. The van der Waals surface area contributed by atoms with Crippen LogP contribution in [-0.4, -0.2) is 18.4 Å². The monoisotopic (exact) mass is 217 g/mol. The number of hydrogen-bond acceptors (Lipinski definition) is 1. The van der Waals surface area contributed by atoms with E-state index in [4.69, 9.17) is 0 Å². The van der Waals surface area contributed by atoms with Crippen molar-refractivity contribution >= 4 is 0 Å². The number of ether oxygens (including phenoxy) is 1. The minimum absolute atomic E-state index is 0.158. The molecule has 1 radical (unpaired) electrons. The first kappa shape index (κ1) is 11.7. The van der Waals surface area contributed by atoms with Crippen molar-refractivity contribution < 1.29 is 26.7 Å². The quantitative estimate of drug-likeness (QED) is 0.645. The molecule has 14 heavy (non-hydrogen) atoms. The van der Waals surface area contributed by atoms with Gasteiger partial charge in [0.05, 0.1) is 6.10 Å². The van der Waals surface area contributed by atoms with Crippen molar-refractivity contribution in [2.75, 3.05) is 0 Å². The van der Waals surface area contributed by atoms with Crippen LogP contribution in [0, 0.1) is 6.42 Å². The molecule has 1 aliphatic rings. The largest absolute Gasteiger partial charge is 0.482 e. The second-order valence-electron chi connectivity index (χ2n) is 3.21. The summed E-state index contributed by atoms with van der Waals surface area (Å²) in [6.45, 7) is 0. The maximum absolute atomic E-state index is 12.4. The lowest BCUT2D eigenvalue weighted by atomic mass is 9.98. The first-order valence-electron chi connectivity index (χ1n) is 4.27. The molecule has 0 aromatic rings. The van der Waals surface area contributed by atoms with E-state index in [1.165, 1.54) is 0 Å². The Morgan fingerprint density at radius 3 is 2.21 bits per heavy atom. The topological polar surface area (TPSA) is 9.23 Å². The molecule has 0 aromatic carbocycles. The van der Waals surface area contributed by atoms with Gasteiger partial charge in [-0.25, -0.2) is 0 Å². The fourth-order valence-electron chi connectivity index (χ4n) is 1.29. The molecule has 1 fully saturated rings. The Morgan fingerprint density at radius 1 is 1.14 bits per heavy atom. The number of alkyl halides is 5. The molecule has 1 aliphatic carbocycles. The lowest BCUT2D eigenvalue weighted by Crippen LogP contribution is -2.42. The Balaban J connectivity index is 2.49. The van der Waals surface area contributed by atoms with Gasteiger partial charge in [-0.15, -0.1) is 0 Å². The van der Waals surface area contributed by atoms with Crippen molar-refractivity contribution in [2.45, 2.75) is 44.1 Å². The highest BCUT2D eigenvalue weighted by Gasteiger charge is 2.60. The summed E-state index contributed by atoms with van der Waals surface area (Å²) in [4.78, 5) is 0. The van der Waals surface area contributed by atoms with Crippen LogP contribution in [-0.2, 0) is 4.74 Å². The van der Waals surface area contributed by atoms with E-state index < -0.39 is 18.4 Å². The first-order chi connectivity index (χ1) is 6.33. The van der Waals surface area contributed by atoms with E-state index in [9.17, 15) is 22.0 Å². The van der Waals surface area contributed by atoms with Gasteiger partial charge in [-0.3, -0.25) is 0 Å². The fourth-order valence-corrected chi connectivity index (χ4v) is 1.29. The van der Waals surface area contributed by atoms with E-state index in [1.54, 1.807) is 6.42 Å². The van der Waals surface area contributed by atoms with Crippen LogP contribution < -0.4 is 0 Å². The van der Waals surface area contributed by atoms with E-state index in [-0.39, 0.29) is 12.8 Å². The van der Waals surface area contributed by atoms with Crippen LogP contribution in [0.5, 0.6) is 0 Å². The zero-order valence-electron chi connectivity index (χ0n) is 7.28. The van der Waals surface area contributed by atoms with Crippen molar-refractivity contribution in [3.8, 4) is 0 Å². The van der Waals surface area contributed by atoms with Gasteiger partial charge in [-0.05, 0) is 25.7 Å². The molecular weight excluding hydrogens is 207 g/mol. The summed E-state index contributed by atoms with van der Waals surface area (Å²) < 4.78 is 63.6. The second kappa shape index (κ2) is 4.00. The summed E-state index contributed by atoms with van der Waals surface area (Å²) in [6.07, 6.45) is -8.24. The van der Waals surface area contributed by atoms with Crippen molar-refractivity contribution in [3.05, 3.63) is 6.42 Å². The van der Waals surface area contributed by atoms with Crippen molar-refractivity contribution in [3.63, 3.8) is 0 Å². The third kappa shape index (κ3) is 2.80. The second-order valence-corrected chi connectivity index (χ2v) is 3.21. The molecule has 0 N–H and O–H groups in total. The minimum Gasteiger partial charge on any atom is -0.310 e. The average molecular weight is 217 g/mol. The molecule has 1 atom stereocenters. The van der Waals surface area contributed by atoms with Crippen LogP contribution in [0.3, 0.4) is 0 Å². The van der Waals surface area contributed by atoms with Crippen LogP contribution >= 0.6 is 0 Å². The molecule has 0 aliphatic heterocycles. The standard InChI is InChI=1S/C8H10F5O/c9-7(10,11)8(12,13)14-6-4-2-1-3-5-6/h2,6H,1,3-5H2. The smallest absolute Gasteiger partial charge is 0.310 e. The highest BCUT2D eigenvalue weighted by atomic mass is 19.4. The van der Waals surface area contributed by atoms with Crippen LogP contribution in [0.25, 0.3) is 0 Å². The molecular formula is C8H10F5O. The van der Waals surface area contributed by atoms with Gasteiger partial charge >= 0.3 is 12.3 Å². The molecule has 1 saturated carbocycles. The van der Waals surface area contributed by atoms with Gasteiger partial charge in [0, 0.05) is 0 Å². The summed E-state index contributed by atoms with van der Waals surface area (Å²) in [5, 5.41) is 0. The highest BCUT2D eigenvalue weighted by Crippen LogP contribution is 2.39. The highest BCUT2D eigenvalue weighted by molar-refractivity contribution is 4.80. The Hall–Kier alpha value is -0.390.